The first-order valence-corrected chi connectivity index (χ1v) is 6.01. The number of hydrogen-bond acceptors (Lipinski definition) is 3. The molecule has 0 aliphatic heterocycles. The molecule has 0 aliphatic rings. The van der Waals surface area contributed by atoms with Gasteiger partial charge < -0.3 is 4.98 Å². The molecule has 0 unspecified atom stereocenters. The van der Waals surface area contributed by atoms with Crippen molar-refractivity contribution < 1.29 is 17.2 Å². The summed E-state index contributed by atoms with van der Waals surface area (Å²) >= 11 is 0. The van der Waals surface area contributed by atoms with Gasteiger partial charge in [0.1, 0.15) is 4.90 Å². The molecule has 1 rings (SSSR count). The van der Waals surface area contributed by atoms with Crippen molar-refractivity contribution in [1.29, 1.82) is 0 Å². The Morgan fingerprint density at radius 3 is 2.40 bits per heavy atom. The molecule has 1 aromatic heterocycles. The Hall–Kier alpha value is -0.950. The fourth-order valence-electron chi connectivity index (χ4n) is 1.03. The SMILES string of the molecule is Cc1cc(S(=O)(=O)Cl)c(=O)[nH]c1C(F)F. The maximum absolute atomic E-state index is 12.3. The van der Waals surface area contributed by atoms with Crippen molar-refractivity contribution in [2.45, 2.75) is 18.2 Å². The van der Waals surface area contributed by atoms with Gasteiger partial charge in [-0.25, -0.2) is 17.2 Å². The molecule has 1 N–H and O–H groups in total. The predicted molar refractivity (Wildman–Crippen MR) is 49.8 cm³/mol. The van der Waals surface area contributed by atoms with Crippen LogP contribution in [0.2, 0.25) is 0 Å². The minimum absolute atomic E-state index is 0.0381. The standard InChI is InChI=1S/C7H6ClF2NO3S/c1-3-2-4(15(8,13)14)7(12)11-5(3)6(9)10/h2,6H,1H3,(H,11,12). The molecule has 84 valence electrons. The van der Waals surface area contributed by atoms with Crippen molar-refractivity contribution >= 4 is 19.7 Å². The summed E-state index contributed by atoms with van der Waals surface area (Å²) in [5, 5.41) is 0. The van der Waals surface area contributed by atoms with Crippen molar-refractivity contribution in [3.63, 3.8) is 0 Å². The second kappa shape index (κ2) is 3.90. The van der Waals surface area contributed by atoms with Gasteiger partial charge in [-0.2, -0.15) is 0 Å². The summed E-state index contributed by atoms with van der Waals surface area (Å²) < 4.78 is 46.3. The van der Waals surface area contributed by atoms with Crippen LogP contribution in [-0.4, -0.2) is 13.4 Å². The molecule has 8 heteroatoms. The molecule has 0 fully saturated rings. The van der Waals surface area contributed by atoms with E-state index < -0.39 is 31.6 Å². The number of aromatic amines is 1. The van der Waals surface area contributed by atoms with E-state index >= 15 is 0 Å². The third-order valence-electron chi connectivity index (χ3n) is 1.73. The van der Waals surface area contributed by atoms with Gasteiger partial charge in [0.05, 0.1) is 5.69 Å². The van der Waals surface area contributed by atoms with Crippen LogP contribution in [0.15, 0.2) is 15.8 Å². The molecular formula is C7H6ClF2NO3S. The van der Waals surface area contributed by atoms with Crippen LogP contribution in [0.25, 0.3) is 0 Å². The molecule has 0 saturated carbocycles. The van der Waals surface area contributed by atoms with Crippen LogP contribution >= 0.6 is 10.7 Å². The van der Waals surface area contributed by atoms with Crippen molar-refractivity contribution in [1.82, 2.24) is 4.98 Å². The van der Waals surface area contributed by atoms with Crippen molar-refractivity contribution in [3.8, 4) is 0 Å². The zero-order valence-electron chi connectivity index (χ0n) is 7.42. The Kier molecular flexibility index (Phi) is 3.15. The molecule has 4 nitrogen and oxygen atoms in total. The maximum atomic E-state index is 12.3. The Labute approximate surface area is 88.3 Å². The number of rotatable bonds is 2. The first-order valence-electron chi connectivity index (χ1n) is 3.70. The molecule has 1 heterocycles. The fourth-order valence-corrected chi connectivity index (χ4v) is 1.96. The monoisotopic (exact) mass is 257 g/mol. The van der Waals surface area contributed by atoms with Gasteiger partial charge in [0.25, 0.3) is 21.0 Å². The fraction of sp³-hybridized carbons (Fsp3) is 0.286. The summed E-state index contributed by atoms with van der Waals surface area (Å²) in [6.07, 6.45) is -2.87. The van der Waals surface area contributed by atoms with Gasteiger partial charge in [-0.3, -0.25) is 4.79 Å². The Balaban J connectivity index is 3.53. The molecule has 0 saturated heterocycles. The van der Waals surface area contributed by atoms with E-state index in [9.17, 15) is 22.0 Å². The highest BCUT2D eigenvalue weighted by molar-refractivity contribution is 8.13. The summed E-state index contributed by atoms with van der Waals surface area (Å²) in [5.41, 5.74) is -1.79. The first kappa shape index (κ1) is 12.1. The van der Waals surface area contributed by atoms with Crippen LogP contribution < -0.4 is 5.56 Å². The Morgan fingerprint density at radius 2 is 2.00 bits per heavy atom. The lowest BCUT2D eigenvalue weighted by Gasteiger charge is -2.05. The average Bonchev–Trinajstić information content (AvgIpc) is 2.06. The zero-order chi connectivity index (χ0) is 11.8. The Bertz CT molecular complexity index is 538. The summed E-state index contributed by atoms with van der Waals surface area (Å²) in [7, 11) is 0.718. The van der Waals surface area contributed by atoms with Crippen LogP contribution in [0.5, 0.6) is 0 Å². The lowest BCUT2D eigenvalue weighted by molar-refractivity contribution is 0.144. The largest absolute Gasteiger partial charge is 0.320 e. The molecule has 1 aromatic rings. The summed E-state index contributed by atoms with van der Waals surface area (Å²) in [4.78, 5) is 12.1. The smallest absolute Gasteiger partial charge is 0.278 e. The third-order valence-corrected chi connectivity index (χ3v) is 3.05. The molecule has 0 atom stereocenters. The van der Waals surface area contributed by atoms with Gasteiger partial charge in [0.2, 0.25) is 0 Å². The van der Waals surface area contributed by atoms with Gasteiger partial charge in [-0.15, -0.1) is 0 Å². The lowest BCUT2D eigenvalue weighted by atomic mass is 10.2. The summed E-state index contributed by atoms with van der Waals surface area (Å²) in [6.45, 7) is 1.25. The predicted octanol–water partition coefficient (Wildman–Crippen LogP) is 1.55. The molecule has 0 amide bonds. The second-order valence-corrected chi connectivity index (χ2v) is 5.33. The van der Waals surface area contributed by atoms with E-state index in [0.717, 1.165) is 6.07 Å². The molecule has 0 bridgehead atoms. The molecule has 0 aliphatic carbocycles. The Morgan fingerprint density at radius 1 is 1.47 bits per heavy atom. The second-order valence-electron chi connectivity index (χ2n) is 2.80. The van der Waals surface area contributed by atoms with Gasteiger partial charge >= 0.3 is 0 Å². The van der Waals surface area contributed by atoms with Crippen LogP contribution in [0, 0.1) is 6.92 Å². The van der Waals surface area contributed by atoms with E-state index in [0.29, 0.717) is 0 Å². The molecule has 0 spiro atoms. The van der Waals surface area contributed by atoms with Crippen LogP contribution in [0.1, 0.15) is 17.7 Å². The van der Waals surface area contributed by atoms with Gasteiger partial charge in [0.15, 0.2) is 0 Å². The number of H-pyrrole nitrogens is 1. The van der Waals surface area contributed by atoms with E-state index in [1.165, 1.54) is 6.92 Å². The third kappa shape index (κ3) is 2.54. The van der Waals surface area contributed by atoms with Gasteiger partial charge in [-0.05, 0) is 18.6 Å². The van der Waals surface area contributed by atoms with E-state index in [1.54, 1.807) is 4.98 Å². The number of pyridine rings is 1. The van der Waals surface area contributed by atoms with Gasteiger partial charge in [0, 0.05) is 10.7 Å². The summed E-state index contributed by atoms with van der Waals surface area (Å²) in [6, 6.07) is 0.822. The van der Waals surface area contributed by atoms with E-state index in [2.05, 4.69) is 0 Å². The topological polar surface area (TPSA) is 67.0 Å². The maximum Gasteiger partial charge on any atom is 0.278 e. The first-order chi connectivity index (χ1) is 6.73. The minimum Gasteiger partial charge on any atom is -0.320 e. The van der Waals surface area contributed by atoms with E-state index in [1.807, 2.05) is 0 Å². The highest BCUT2D eigenvalue weighted by atomic mass is 35.7. The molecule has 0 radical (unpaired) electrons. The summed E-state index contributed by atoms with van der Waals surface area (Å²) in [5.74, 6) is 0. The highest BCUT2D eigenvalue weighted by Crippen LogP contribution is 2.21. The van der Waals surface area contributed by atoms with Gasteiger partial charge in [-0.1, -0.05) is 0 Å². The zero-order valence-corrected chi connectivity index (χ0v) is 8.99. The number of hydrogen-bond donors (Lipinski definition) is 1. The quantitative estimate of drug-likeness (QED) is 0.818. The number of alkyl halides is 2. The molecular weight excluding hydrogens is 252 g/mol. The highest BCUT2D eigenvalue weighted by Gasteiger charge is 2.20. The molecule has 0 aromatic carbocycles. The van der Waals surface area contributed by atoms with Crippen molar-refractivity contribution in [2.24, 2.45) is 0 Å². The minimum atomic E-state index is -4.21. The van der Waals surface area contributed by atoms with E-state index in [4.69, 9.17) is 10.7 Å². The van der Waals surface area contributed by atoms with Crippen LogP contribution in [0.4, 0.5) is 8.78 Å². The van der Waals surface area contributed by atoms with Crippen LogP contribution in [0.3, 0.4) is 0 Å². The number of nitrogens with one attached hydrogen (secondary N) is 1. The molecule has 15 heavy (non-hydrogen) atoms. The van der Waals surface area contributed by atoms with Crippen molar-refractivity contribution in [2.75, 3.05) is 0 Å². The lowest BCUT2D eigenvalue weighted by Crippen LogP contribution is -2.17. The average molecular weight is 258 g/mol. The van der Waals surface area contributed by atoms with Crippen LogP contribution in [-0.2, 0) is 9.05 Å². The van der Waals surface area contributed by atoms with E-state index in [-0.39, 0.29) is 5.56 Å². The number of halogens is 3. The number of aryl methyl sites for hydroxylation is 1. The number of aromatic nitrogens is 1. The van der Waals surface area contributed by atoms with Crippen molar-refractivity contribution in [3.05, 3.63) is 27.7 Å². The normalized spacial score (nSPS) is 12.1.